The van der Waals surface area contributed by atoms with Gasteiger partial charge in [-0.05, 0) is 49.2 Å². The van der Waals surface area contributed by atoms with E-state index in [1.54, 1.807) is 31.4 Å². The molecule has 0 unspecified atom stereocenters. The number of pyridine rings is 1. The molecule has 1 heterocycles. The smallest absolute Gasteiger partial charge is 0.339 e. The highest BCUT2D eigenvalue weighted by Gasteiger charge is 2.19. The lowest BCUT2D eigenvalue weighted by Crippen LogP contribution is -2.16. The van der Waals surface area contributed by atoms with Gasteiger partial charge < -0.3 is 9.47 Å². The molecule has 5 heteroatoms. The number of methoxy groups -OCH3 is 1. The predicted molar refractivity (Wildman–Crippen MR) is 103 cm³/mol. The van der Waals surface area contributed by atoms with Crippen LogP contribution in [0.5, 0.6) is 5.75 Å². The van der Waals surface area contributed by atoms with Gasteiger partial charge >= 0.3 is 5.97 Å². The molecule has 1 aromatic heterocycles. The summed E-state index contributed by atoms with van der Waals surface area (Å²) in [5.74, 6) is -0.116. The minimum Gasteiger partial charge on any atom is -0.497 e. The summed E-state index contributed by atoms with van der Waals surface area (Å²) >= 11 is 0. The van der Waals surface area contributed by atoms with Crippen molar-refractivity contribution in [1.29, 1.82) is 0 Å². The topological polar surface area (TPSA) is 65.5 Å². The summed E-state index contributed by atoms with van der Waals surface area (Å²) < 4.78 is 10.4. The highest BCUT2D eigenvalue weighted by Crippen LogP contribution is 2.24. The van der Waals surface area contributed by atoms with Crippen LogP contribution in [0.2, 0.25) is 0 Å². The number of ketones is 1. The normalized spacial score (nSPS) is 10.6. The number of aryl methyl sites for hydroxylation is 1. The lowest BCUT2D eigenvalue weighted by molar-refractivity contribution is 0.0476. The summed E-state index contributed by atoms with van der Waals surface area (Å²) in [5, 5.41) is 0.731. The second kappa shape index (κ2) is 7.99. The number of fused-ring (bicyclic) bond motifs is 1. The van der Waals surface area contributed by atoms with Crippen molar-refractivity contribution in [3.63, 3.8) is 0 Å². The maximum Gasteiger partial charge on any atom is 0.339 e. The van der Waals surface area contributed by atoms with Crippen molar-refractivity contribution >= 4 is 22.7 Å². The number of hydrogen-bond donors (Lipinski definition) is 0. The molecular weight excluding hydrogens is 342 g/mol. The molecule has 0 saturated heterocycles. The van der Waals surface area contributed by atoms with Crippen LogP contribution in [-0.4, -0.2) is 30.5 Å². The standard InChI is InChI=1S/C22H21NO4/c1-4-18-14(2)21(17-7-5-6-8-19(17)23-18)22(25)27-13-20(24)15-9-11-16(26-3)12-10-15/h5-12H,4,13H2,1-3H3. The number of carbonyl (C=O) groups excluding carboxylic acids is 2. The van der Waals surface area contributed by atoms with Gasteiger partial charge in [-0.25, -0.2) is 4.79 Å². The minimum absolute atomic E-state index is 0.266. The van der Waals surface area contributed by atoms with Crippen molar-refractivity contribution < 1.29 is 19.1 Å². The molecule has 3 aromatic rings. The Bertz CT molecular complexity index is 993. The highest BCUT2D eigenvalue weighted by molar-refractivity contribution is 6.06. The van der Waals surface area contributed by atoms with Gasteiger partial charge in [-0.2, -0.15) is 0 Å². The first kappa shape index (κ1) is 18.6. The molecule has 0 saturated carbocycles. The van der Waals surface area contributed by atoms with Crippen molar-refractivity contribution in [3.05, 3.63) is 70.9 Å². The summed E-state index contributed by atoms with van der Waals surface area (Å²) in [6.07, 6.45) is 0.710. The first-order valence-corrected chi connectivity index (χ1v) is 8.77. The fourth-order valence-electron chi connectivity index (χ4n) is 3.03. The molecular formula is C22H21NO4. The third kappa shape index (κ3) is 3.82. The molecule has 5 nitrogen and oxygen atoms in total. The van der Waals surface area contributed by atoms with Gasteiger partial charge in [0.25, 0.3) is 0 Å². The number of hydrogen-bond acceptors (Lipinski definition) is 5. The zero-order chi connectivity index (χ0) is 19.4. The van der Waals surface area contributed by atoms with Crippen molar-refractivity contribution in [2.75, 3.05) is 13.7 Å². The second-order valence-electron chi connectivity index (χ2n) is 6.16. The Balaban J connectivity index is 1.83. The molecule has 0 N–H and O–H groups in total. The Kier molecular flexibility index (Phi) is 5.50. The quantitative estimate of drug-likeness (QED) is 0.486. The highest BCUT2D eigenvalue weighted by atomic mass is 16.5. The number of aromatic nitrogens is 1. The van der Waals surface area contributed by atoms with E-state index in [0.717, 1.165) is 22.2 Å². The zero-order valence-electron chi connectivity index (χ0n) is 15.6. The van der Waals surface area contributed by atoms with E-state index in [4.69, 9.17) is 9.47 Å². The third-order valence-electron chi connectivity index (χ3n) is 4.52. The molecule has 0 aliphatic heterocycles. The van der Waals surface area contributed by atoms with Crippen molar-refractivity contribution in [2.45, 2.75) is 20.3 Å². The molecule has 0 atom stereocenters. The zero-order valence-corrected chi connectivity index (χ0v) is 15.6. The predicted octanol–water partition coefficient (Wildman–Crippen LogP) is 4.15. The molecule has 0 bridgehead atoms. The summed E-state index contributed by atoms with van der Waals surface area (Å²) in [7, 11) is 1.56. The average molecular weight is 363 g/mol. The number of ether oxygens (including phenoxy) is 2. The fraction of sp³-hybridized carbons (Fsp3) is 0.227. The molecule has 3 rings (SSSR count). The van der Waals surface area contributed by atoms with Gasteiger partial charge in [-0.15, -0.1) is 0 Å². The first-order chi connectivity index (χ1) is 13.0. The summed E-state index contributed by atoms with van der Waals surface area (Å²) in [5.41, 5.74) is 3.32. The van der Waals surface area contributed by atoms with Gasteiger partial charge in [-0.1, -0.05) is 25.1 Å². The molecule has 0 amide bonds. The first-order valence-electron chi connectivity index (χ1n) is 8.77. The minimum atomic E-state index is -0.511. The van der Waals surface area contributed by atoms with Crippen LogP contribution in [-0.2, 0) is 11.2 Å². The molecule has 0 fully saturated rings. The van der Waals surface area contributed by atoms with Gasteiger partial charge in [0.1, 0.15) is 5.75 Å². The van der Waals surface area contributed by atoms with Crippen LogP contribution in [0.3, 0.4) is 0 Å². The monoisotopic (exact) mass is 363 g/mol. The van der Waals surface area contributed by atoms with Gasteiger partial charge in [0.15, 0.2) is 12.4 Å². The van der Waals surface area contributed by atoms with Crippen molar-refractivity contribution in [2.24, 2.45) is 0 Å². The van der Waals surface area contributed by atoms with E-state index in [9.17, 15) is 9.59 Å². The van der Waals surface area contributed by atoms with E-state index < -0.39 is 5.97 Å². The Morgan fingerprint density at radius 2 is 1.74 bits per heavy atom. The fourth-order valence-corrected chi connectivity index (χ4v) is 3.03. The SMILES string of the molecule is CCc1nc2ccccc2c(C(=O)OCC(=O)c2ccc(OC)cc2)c1C. The van der Waals surface area contributed by atoms with E-state index >= 15 is 0 Å². The van der Waals surface area contributed by atoms with Crippen LogP contribution >= 0.6 is 0 Å². The number of rotatable bonds is 6. The maximum absolute atomic E-state index is 12.8. The van der Waals surface area contributed by atoms with E-state index in [2.05, 4.69) is 4.98 Å². The summed E-state index contributed by atoms with van der Waals surface area (Å²) in [6, 6.07) is 14.1. The number of benzene rings is 2. The molecule has 2 aromatic carbocycles. The largest absolute Gasteiger partial charge is 0.497 e. The van der Waals surface area contributed by atoms with Crippen LogP contribution < -0.4 is 4.74 Å². The van der Waals surface area contributed by atoms with Crippen LogP contribution in [0.4, 0.5) is 0 Å². The van der Waals surface area contributed by atoms with E-state index in [0.29, 0.717) is 23.3 Å². The van der Waals surface area contributed by atoms with Crippen LogP contribution in [0.1, 0.15) is 38.9 Å². The van der Waals surface area contributed by atoms with Gasteiger partial charge in [0.2, 0.25) is 0 Å². The van der Waals surface area contributed by atoms with E-state index in [1.165, 1.54) is 0 Å². The number of carbonyl (C=O) groups is 2. The maximum atomic E-state index is 12.8. The van der Waals surface area contributed by atoms with Crippen LogP contribution in [0.15, 0.2) is 48.5 Å². The van der Waals surface area contributed by atoms with Crippen molar-refractivity contribution in [1.82, 2.24) is 4.98 Å². The second-order valence-corrected chi connectivity index (χ2v) is 6.16. The molecule has 0 aliphatic carbocycles. The average Bonchev–Trinajstić information content (AvgIpc) is 2.71. The lowest BCUT2D eigenvalue weighted by Gasteiger charge is -2.13. The number of para-hydroxylation sites is 1. The third-order valence-corrected chi connectivity index (χ3v) is 4.52. The Morgan fingerprint density at radius 3 is 2.41 bits per heavy atom. The number of nitrogens with zero attached hydrogens (tertiary/aromatic N) is 1. The molecule has 0 spiro atoms. The number of esters is 1. The van der Waals surface area contributed by atoms with E-state index in [-0.39, 0.29) is 12.4 Å². The van der Waals surface area contributed by atoms with Crippen LogP contribution in [0, 0.1) is 6.92 Å². The molecule has 27 heavy (non-hydrogen) atoms. The van der Waals surface area contributed by atoms with Gasteiger partial charge in [0, 0.05) is 16.6 Å². The summed E-state index contributed by atoms with van der Waals surface area (Å²) in [6.45, 7) is 3.54. The van der Waals surface area contributed by atoms with Gasteiger partial charge in [-0.3, -0.25) is 9.78 Å². The Hall–Kier alpha value is -3.21. The Morgan fingerprint density at radius 1 is 1.04 bits per heavy atom. The van der Waals surface area contributed by atoms with Gasteiger partial charge in [0.05, 0.1) is 18.2 Å². The van der Waals surface area contributed by atoms with Crippen molar-refractivity contribution in [3.8, 4) is 5.75 Å². The molecule has 0 aliphatic rings. The molecule has 0 radical (unpaired) electrons. The Labute approximate surface area is 157 Å². The molecule has 138 valence electrons. The summed E-state index contributed by atoms with van der Waals surface area (Å²) in [4.78, 5) is 29.7. The lowest BCUT2D eigenvalue weighted by atomic mass is 10.0. The van der Waals surface area contributed by atoms with E-state index in [1.807, 2.05) is 38.1 Å². The number of Topliss-reactive ketones (excluding diaryl/α,β-unsaturated/α-hetero) is 1. The van der Waals surface area contributed by atoms with Crippen LogP contribution in [0.25, 0.3) is 10.9 Å².